The number of hydrogen-bond acceptors (Lipinski definition) is 3. The normalized spacial score (nSPS) is 13.2. The SMILES string of the molecule is CCOC(C(=O)c1cc(Cl)ccc1OC)C(C)(C)C. The molecule has 1 unspecified atom stereocenters. The number of rotatable bonds is 5. The molecule has 1 rings (SSSR count). The summed E-state index contributed by atoms with van der Waals surface area (Å²) in [4.78, 5) is 12.6. The van der Waals surface area contributed by atoms with E-state index in [0.717, 1.165) is 0 Å². The summed E-state index contributed by atoms with van der Waals surface area (Å²) in [6.07, 6.45) is -0.523. The van der Waals surface area contributed by atoms with Crippen LogP contribution in [0.4, 0.5) is 0 Å². The van der Waals surface area contributed by atoms with Crippen LogP contribution in [0.5, 0.6) is 5.75 Å². The van der Waals surface area contributed by atoms with E-state index in [1.807, 2.05) is 27.7 Å². The predicted molar refractivity (Wildman–Crippen MR) is 77.2 cm³/mol. The minimum atomic E-state index is -0.523. The fourth-order valence-corrected chi connectivity index (χ4v) is 2.07. The molecule has 0 saturated heterocycles. The number of Topliss-reactive ketones (excluding diaryl/α,β-unsaturated/α-hetero) is 1. The number of carbonyl (C=O) groups excluding carboxylic acids is 1. The zero-order valence-corrected chi connectivity index (χ0v) is 12.9. The zero-order valence-electron chi connectivity index (χ0n) is 12.1. The molecule has 0 N–H and O–H groups in total. The molecular formula is C15H21ClO3. The molecule has 106 valence electrons. The number of ketones is 1. The van der Waals surface area contributed by atoms with E-state index in [2.05, 4.69) is 0 Å². The number of halogens is 1. The number of hydrogen-bond donors (Lipinski definition) is 0. The van der Waals surface area contributed by atoms with Gasteiger partial charge in [0.15, 0.2) is 5.78 Å². The van der Waals surface area contributed by atoms with Gasteiger partial charge < -0.3 is 9.47 Å². The lowest BCUT2D eigenvalue weighted by atomic mass is 9.84. The highest BCUT2D eigenvalue weighted by molar-refractivity contribution is 6.31. The van der Waals surface area contributed by atoms with Crippen LogP contribution in [0, 0.1) is 5.41 Å². The molecule has 0 bridgehead atoms. The standard InChI is InChI=1S/C15H21ClO3/c1-6-19-14(15(2,3)4)13(17)11-9-10(16)7-8-12(11)18-5/h7-9,14H,6H2,1-5H3. The summed E-state index contributed by atoms with van der Waals surface area (Å²) in [7, 11) is 1.53. The molecule has 0 spiro atoms. The molecule has 0 fully saturated rings. The second kappa shape index (κ2) is 6.40. The van der Waals surface area contributed by atoms with Gasteiger partial charge in [-0.1, -0.05) is 32.4 Å². The van der Waals surface area contributed by atoms with Gasteiger partial charge in [-0.2, -0.15) is 0 Å². The molecule has 1 atom stereocenters. The average Bonchev–Trinajstić information content (AvgIpc) is 2.33. The Morgan fingerprint density at radius 3 is 2.47 bits per heavy atom. The highest BCUT2D eigenvalue weighted by atomic mass is 35.5. The lowest BCUT2D eigenvalue weighted by Crippen LogP contribution is -2.37. The maximum atomic E-state index is 12.6. The van der Waals surface area contributed by atoms with Crippen molar-refractivity contribution in [2.24, 2.45) is 5.41 Å². The minimum absolute atomic E-state index is 0.103. The Bertz CT molecular complexity index is 449. The van der Waals surface area contributed by atoms with Crippen LogP contribution in [0.15, 0.2) is 18.2 Å². The fourth-order valence-electron chi connectivity index (χ4n) is 1.90. The van der Waals surface area contributed by atoms with Crippen molar-refractivity contribution in [3.63, 3.8) is 0 Å². The van der Waals surface area contributed by atoms with E-state index in [4.69, 9.17) is 21.1 Å². The number of methoxy groups -OCH3 is 1. The van der Waals surface area contributed by atoms with E-state index < -0.39 is 6.10 Å². The molecule has 0 amide bonds. The third-order valence-electron chi connectivity index (χ3n) is 2.79. The largest absolute Gasteiger partial charge is 0.496 e. The van der Waals surface area contributed by atoms with Gasteiger partial charge in [-0.05, 0) is 30.5 Å². The summed E-state index contributed by atoms with van der Waals surface area (Å²) in [6.45, 7) is 8.28. The highest BCUT2D eigenvalue weighted by Gasteiger charge is 2.34. The highest BCUT2D eigenvalue weighted by Crippen LogP contribution is 2.30. The molecule has 1 aromatic rings. The molecule has 1 aromatic carbocycles. The summed E-state index contributed by atoms with van der Waals surface area (Å²) in [5, 5.41) is 0.508. The Morgan fingerprint density at radius 2 is 2.00 bits per heavy atom. The lowest BCUT2D eigenvalue weighted by Gasteiger charge is -2.29. The molecular weight excluding hydrogens is 264 g/mol. The van der Waals surface area contributed by atoms with Crippen LogP contribution in [0.3, 0.4) is 0 Å². The summed E-state index contributed by atoms with van der Waals surface area (Å²) >= 11 is 5.97. The van der Waals surface area contributed by atoms with E-state index in [-0.39, 0.29) is 11.2 Å². The van der Waals surface area contributed by atoms with Crippen molar-refractivity contribution in [2.75, 3.05) is 13.7 Å². The van der Waals surface area contributed by atoms with E-state index in [1.54, 1.807) is 18.2 Å². The fraction of sp³-hybridized carbons (Fsp3) is 0.533. The minimum Gasteiger partial charge on any atom is -0.496 e. The Balaban J connectivity index is 3.19. The summed E-state index contributed by atoms with van der Waals surface area (Å²) in [5.41, 5.74) is 0.170. The van der Waals surface area contributed by atoms with Gasteiger partial charge >= 0.3 is 0 Å². The van der Waals surface area contributed by atoms with Crippen molar-refractivity contribution in [2.45, 2.75) is 33.8 Å². The van der Waals surface area contributed by atoms with Gasteiger partial charge in [-0.15, -0.1) is 0 Å². The van der Waals surface area contributed by atoms with Crippen LogP contribution in [-0.4, -0.2) is 25.6 Å². The van der Waals surface area contributed by atoms with Crippen LogP contribution in [0.2, 0.25) is 5.02 Å². The average molecular weight is 285 g/mol. The molecule has 3 nitrogen and oxygen atoms in total. The van der Waals surface area contributed by atoms with Crippen LogP contribution in [0.1, 0.15) is 38.1 Å². The first-order chi connectivity index (χ1) is 8.81. The molecule has 0 aliphatic heterocycles. The topological polar surface area (TPSA) is 35.5 Å². The van der Waals surface area contributed by atoms with Gasteiger partial charge in [-0.25, -0.2) is 0 Å². The van der Waals surface area contributed by atoms with Crippen LogP contribution >= 0.6 is 11.6 Å². The molecule has 0 aliphatic carbocycles. The molecule has 0 heterocycles. The summed E-state index contributed by atoms with van der Waals surface area (Å²) < 4.78 is 10.8. The Labute approximate surface area is 119 Å². The van der Waals surface area contributed by atoms with Gasteiger partial charge in [0.05, 0.1) is 12.7 Å². The second-order valence-electron chi connectivity index (χ2n) is 5.41. The van der Waals surface area contributed by atoms with E-state index in [9.17, 15) is 4.79 Å². The predicted octanol–water partition coefficient (Wildman–Crippen LogP) is 3.98. The Hall–Kier alpha value is -1.06. The van der Waals surface area contributed by atoms with Gasteiger partial charge in [0, 0.05) is 11.6 Å². The van der Waals surface area contributed by atoms with Gasteiger partial charge in [-0.3, -0.25) is 4.79 Å². The molecule has 0 saturated carbocycles. The Morgan fingerprint density at radius 1 is 1.37 bits per heavy atom. The first-order valence-corrected chi connectivity index (χ1v) is 6.68. The van der Waals surface area contributed by atoms with E-state index in [0.29, 0.717) is 22.9 Å². The maximum Gasteiger partial charge on any atom is 0.195 e. The van der Waals surface area contributed by atoms with Crippen LogP contribution in [0.25, 0.3) is 0 Å². The van der Waals surface area contributed by atoms with Crippen LogP contribution < -0.4 is 4.74 Å². The molecule has 0 aromatic heterocycles. The monoisotopic (exact) mass is 284 g/mol. The van der Waals surface area contributed by atoms with Crippen molar-refractivity contribution in [1.29, 1.82) is 0 Å². The first-order valence-electron chi connectivity index (χ1n) is 6.30. The zero-order chi connectivity index (χ0) is 14.6. The molecule has 19 heavy (non-hydrogen) atoms. The van der Waals surface area contributed by atoms with Crippen molar-refractivity contribution >= 4 is 17.4 Å². The molecule has 0 radical (unpaired) electrons. The Kier molecular flexibility index (Phi) is 5.39. The molecule has 4 heteroatoms. The first kappa shape index (κ1) is 16.0. The lowest BCUT2D eigenvalue weighted by molar-refractivity contribution is -0.000382. The summed E-state index contributed by atoms with van der Waals surface area (Å²) in [5.74, 6) is 0.414. The second-order valence-corrected chi connectivity index (χ2v) is 5.85. The van der Waals surface area contributed by atoms with E-state index in [1.165, 1.54) is 7.11 Å². The number of benzene rings is 1. The molecule has 0 aliphatic rings. The summed E-state index contributed by atoms with van der Waals surface area (Å²) in [6, 6.07) is 5.02. The smallest absolute Gasteiger partial charge is 0.195 e. The van der Waals surface area contributed by atoms with Crippen molar-refractivity contribution < 1.29 is 14.3 Å². The van der Waals surface area contributed by atoms with Gasteiger partial charge in [0.1, 0.15) is 11.9 Å². The van der Waals surface area contributed by atoms with Crippen molar-refractivity contribution in [1.82, 2.24) is 0 Å². The van der Waals surface area contributed by atoms with Gasteiger partial charge in [0.2, 0.25) is 0 Å². The number of carbonyl (C=O) groups is 1. The van der Waals surface area contributed by atoms with Crippen molar-refractivity contribution in [3.05, 3.63) is 28.8 Å². The number of ether oxygens (including phenoxy) is 2. The van der Waals surface area contributed by atoms with Crippen molar-refractivity contribution in [3.8, 4) is 5.75 Å². The quantitative estimate of drug-likeness (QED) is 0.767. The van der Waals surface area contributed by atoms with Crippen LogP contribution in [-0.2, 0) is 4.74 Å². The van der Waals surface area contributed by atoms with E-state index >= 15 is 0 Å². The third kappa shape index (κ3) is 3.95. The maximum absolute atomic E-state index is 12.6. The third-order valence-corrected chi connectivity index (χ3v) is 3.02. The van der Waals surface area contributed by atoms with Gasteiger partial charge in [0.25, 0.3) is 0 Å².